The standard InChI is InChI=1S/C14H20N2O/c1-14(2,15)9-13(17)16-12-8-7-10-5-3-4-6-11(10)12/h3-6,12H,7-9,15H2,1-2H3,(H,16,17). The van der Waals surface area contributed by atoms with Crippen molar-refractivity contribution < 1.29 is 4.79 Å². The van der Waals surface area contributed by atoms with Crippen LogP contribution in [0.15, 0.2) is 24.3 Å². The summed E-state index contributed by atoms with van der Waals surface area (Å²) < 4.78 is 0. The summed E-state index contributed by atoms with van der Waals surface area (Å²) in [5.74, 6) is 0.0409. The van der Waals surface area contributed by atoms with Crippen LogP contribution in [0.25, 0.3) is 0 Å². The number of hydrogen-bond donors (Lipinski definition) is 2. The summed E-state index contributed by atoms with van der Waals surface area (Å²) in [7, 11) is 0. The zero-order valence-electron chi connectivity index (χ0n) is 10.5. The number of benzene rings is 1. The average Bonchev–Trinajstić information content (AvgIpc) is 2.59. The Labute approximate surface area is 102 Å². The molecule has 0 aromatic heterocycles. The smallest absolute Gasteiger partial charge is 0.222 e. The van der Waals surface area contributed by atoms with Crippen LogP contribution in [-0.4, -0.2) is 11.4 Å². The van der Waals surface area contributed by atoms with E-state index in [1.165, 1.54) is 11.1 Å². The monoisotopic (exact) mass is 232 g/mol. The van der Waals surface area contributed by atoms with Crippen LogP contribution in [0, 0.1) is 0 Å². The summed E-state index contributed by atoms with van der Waals surface area (Å²) >= 11 is 0. The number of aryl methyl sites for hydroxylation is 1. The van der Waals surface area contributed by atoms with Gasteiger partial charge in [-0.3, -0.25) is 4.79 Å². The molecule has 1 atom stereocenters. The lowest BCUT2D eigenvalue weighted by molar-refractivity contribution is -0.122. The molecule has 0 aliphatic heterocycles. The zero-order chi connectivity index (χ0) is 12.5. The molecule has 3 N–H and O–H groups in total. The van der Waals surface area contributed by atoms with Gasteiger partial charge in [0.25, 0.3) is 0 Å². The highest BCUT2D eigenvalue weighted by Gasteiger charge is 2.25. The van der Waals surface area contributed by atoms with Crippen molar-refractivity contribution in [3.8, 4) is 0 Å². The fraction of sp³-hybridized carbons (Fsp3) is 0.500. The van der Waals surface area contributed by atoms with Crippen molar-refractivity contribution in [1.29, 1.82) is 0 Å². The lowest BCUT2D eigenvalue weighted by Crippen LogP contribution is -2.39. The van der Waals surface area contributed by atoms with Crippen LogP contribution in [0.5, 0.6) is 0 Å². The molecule has 0 saturated carbocycles. The van der Waals surface area contributed by atoms with Gasteiger partial charge in [-0.05, 0) is 37.8 Å². The highest BCUT2D eigenvalue weighted by Crippen LogP contribution is 2.30. The summed E-state index contributed by atoms with van der Waals surface area (Å²) in [4.78, 5) is 11.8. The SMILES string of the molecule is CC(C)(N)CC(=O)NC1CCc2ccccc21. The molecule has 1 aliphatic carbocycles. The van der Waals surface area contributed by atoms with Gasteiger partial charge < -0.3 is 11.1 Å². The predicted octanol–water partition coefficient (Wildman–Crippen LogP) is 1.92. The second-order valence-electron chi connectivity index (χ2n) is 5.52. The highest BCUT2D eigenvalue weighted by molar-refractivity contribution is 5.77. The van der Waals surface area contributed by atoms with Gasteiger partial charge in [0.05, 0.1) is 6.04 Å². The topological polar surface area (TPSA) is 55.1 Å². The van der Waals surface area contributed by atoms with Gasteiger partial charge in [-0.2, -0.15) is 0 Å². The highest BCUT2D eigenvalue weighted by atomic mass is 16.1. The second kappa shape index (κ2) is 4.49. The molecule has 0 bridgehead atoms. The molecule has 1 aromatic rings. The minimum absolute atomic E-state index is 0.0409. The van der Waals surface area contributed by atoms with Crippen LogP contribution in [-0.2, 0) is 11.2 Å². The molecule has 1 amide bonds. The number of hydrogen-bond acceptors (Lipinski definition) is 2. The van der Waals surface area contributed by atoms with Crippen molar-refractivity contribution >= 4 is 5.91 Å². The van der Waals surface area contributed by atoms with Crippen LogP contribution in [0.1, 0.15) is 43.9 Å². The minimum Gasteiger partial charge on any atom is -0.349 e. The van der Waals surface area contributed by atoms with Crippen molar-refractivity contribution in [1.82, 2.24) is 5.32 Å². The summed E-state index contributed by atoms with van der Waals surface area (Å²) in [5, 5.41) is 3.07. The van der Waals surface area contributed by atoms with E-state index in [2.05, 4.69) is 17.4 Å². The molecule has 92 valence electrons. The number of amides is 1. The Morgan fingerprint density at radius 1 is 1.47 bits per heavy atom. The molecule has 0 fully saturated rings. The first-order chi connectivity index (χ1) is 7.96. The van der Waals surface area contributed by atoms with E-state index in [1.54, 1.807) is 0 Å². The molecule has 1 aromatic carbocycles. The van der Waals surface area contributed by atoms with Crippen LogP contribution >= 0.6 is 0 Å². The summed E-state index contributed by atoms with van der Waals surface area (Å²) in [6.45, 7) is 3.74. The number of rotatable bonds is 3. The Morgan fingerprint density at radius 2 is 2.18 bits per heavy atom. The normalized spacial score (nSPS) is 18.9. The molecule has 0 spiro atoms. The number of carbonyl (C=O) groups excluding carboxylic acids is 1. The van der Waals surface area contributed by atoms with Crippen molar-refractivity contribution in [2.75, 3.05) is 0 Å². The largest absolute Gasteiger partial charge is 0.349 e. The van der Waals surface area contributed by atoms with Crippen molar-refractivity contribution in [2.45, 2.75) is 44.7 Å². The van der Waals surface area contributed by atoms with Gasteiger partial charge in [0.2, 0.25) is 5.91 Å². The van der Waals surface area contributed by atoms with E-state index >= 15 is 0 Å². The van der Waals surface area contributed by atoms with Crippen LogP contribution < -0.4 is 11.1 Å². The second-order valence-corrected chi connectivity index (χ2v) is 5.52. The van der Waals surface area contributed by atoms with Crippen LogP contribution in [0.2, 0.25) is 0 Å². The molecular formula is C14H20N2O. The molecule has 3 nitrogen and oxygen atoms in total. The quantitative estimate of drug-likeness (QED) is 0.836. The first-order valence-corrected chi connectivity index (χ1v) is 6.12. The first kappa shape index (κ1) is 12.1. The number of fused-ring (bicyclic) bond motifs is 1. The van der Waals surface area contributed by atoms with Crippen LogP contribution in [0.4, 0.5) is 0 Å². The van der Waals surface area contributed by atoms with Crippen molar-refractivity contribution in [3.05, 3.63) is 35.4 Å². The van der Waals surface area contributed by atoms with E-state index in [0.29, 0.717) is 6.42 Å². The fourth-order valence-corrected chi connectivity index (χ4v) is 2.37. The third kappa shape index (κ3) is 3.07. The number of carbonyl (C=O) groups is 1. The Kier molecular flexibility index (Phi) is 3.20. The molecule has 1 aliphatic rings. The van der Waals surface area contributed by atoms with E-state index < -0.39 is 5.54 Å². The molecule has 0 heterocycles. The Morgan fingerprint density at radius 3 is 2.88 bits per heavy atom. The molecular weight excluding hydrogens is 212 g/mol. The maximum atomic E-state index is 11.8. The summed E-state index contributed by atoms with van der Waals surface area (Å²) in [6, 6.07) is 8.47. The van der Waals surface area contributed by atoms with Gasteiger partial charge in [-0.15, -0.1) is 0 Å². The first-order valence-electron chi connectivity index (χ1n) is 6.12. The lowest BCUT2D eigenvalue weighted by atomic mass is 10.0. The van der Waals surface area contributed by atoms with Gasteiger partial charge in [0, 0.05) is 12.0 Å². The average molecular weight is 232 g/mol. The van der Waals surface area contributed by atoms with Gasteiger partial charge in [0.1, 0.15) is 0 Å². The Balaban J connectivity index is 2.00. The lowest BCUT2D eigenvalue weighted by Gasteiger charge is -2.20. The fourth-order valence-electron chi connectivity index (χ4n) is 2.37. The molecule has 0 saturated heterocycles. The van der Waals surface area contributed by atoms with Crippen molar-refractivity contribution in [2.24, 2.45) is 5.73 Å². The van der Waals surface area contributed by atoms with Gasteiger partial charge in [-0.25, -0.2) is 0 Å². The summed E-state index contributed by atoms with van der Waals surface area (Å²) in [5.41, 5.74) is 8.01. The van der Waals surface area contributed by atoms with Gasteiger partial charge >= 0.3 is 0 Å². The van der Waals surface area contributed by atoms with Crippen LogP contribution in [0.3, 0.4) is 0 Å². The van der Waals surface area contributed by atoms with Gasteiger partial charge in [-0.1, -0.05) is 24.3 Å². The third-order valence-corrected chi connectivity index (χ3v) is 3.08. The van der Waals surface area contributed by atoms with Gasteiger partial charge in [0.15, 0.2) is 0 Å². The zero-order valence-corrected chi connectivity index (χ0v) is 10.5. The minimum atomic E-state index is -0.442. The maximum Gasteiger partial charge on any atom is 0.222 e. The number of nitrogens with one attached hydrogen (secondary N) is 1. The van der Waals surface area contributed by atoms with Crippen molar-refractivity contribution in [3.63, 3.8) is 0 Å². The Bertz CT molecular complexity index is 420. The molecule has 17 heavy (non-hydrogen) atoms. The summed E-state index contributed by atoms with van der Waals surface area (Å²) in [6.07, 6.45) is 2.41. The molecule has 1 unspecified atom stereocenters. The number of nitrogens with two attached hydrogens (primary N) is 1. The van der Waals surface area contributed by atoms with E-state index in [0.717, 1.165) is 12.8 Å². The van der Waals surface area contributed by atoms with E-state index in [1.807, 2.05) is 26.0 Å². The van der Waals surface area contributed by atoms with E-state index in [9.17, 15) is 4.79 Å². The predicted molar refractivity (Wildman–Crippen MR) is 68.5 cm³/mol. The third-order valence-electron chi connectivity index (χ3n) is 3.08. The molecule has 2 rings (SSSR count). The molecule has 3 heteroatoms. The molecule has 0 radical (unpaired) electrons. The van der Waals surface area contributed by atoms with E-state index in [4.69, 9.17) is 5.73 Å². The Hall–Kier alpha value is -1.35. The van der Waals surface area contributed by atoms with E-state index in [-0.39, 0.29) is 11.9 Å². The maximum absolute atomic E-state index is 11.8.